The van der Waals surface area contributed by atoms with Crippen LogP contribution in [-0.2, 0) is 0 Å². The maximum Gasteiger partial charge on any atom is 0.108 e. The summed E-state index contributed by atoms with van der Waals surface area (Å²) in [6, 6.07) is 13.3. The van der Waals surface area contributed by atoms with Crippen molar-refractivity contribution in [1.82, 2.24) is 4.98 Å². The number of benzene rings is 2. The lowest BCUT2D eigenvalue weighted by atomic mass is 9.98. The molecule has 0 radical (unpaired) electrons. The lowest BCUT2D eigenvalue weighted by molar-refractivity contribution is 0.221. The SMILES string of the molecule is OC(c1cc(Br)ccc1Cl)c1cncc2ccccc12. The van der Waals surface area contributed by atoms with Crippen molar-refractivity contribution >= 4 is 38.3 Å². The molecule has 0 spiro atoms. The zero-order chi connectivity index (χ0) is 14.1. The zero-order valence-corrected chi connectivity index (χ0v) is 12.8. The van der Waals surface area contributed by atoms with Crippen molar-refractivity contribution in [2.45, 2.75) is 6.10 Å². The van der Waals surface area contributed by atoms with E-state index in [1.165, 1.54) is 0 Å². The van der Waals surface area contributed by atoms with Crippen LogP contribution in [0.3, 0.4) is 0 Å². The molecule has 3 aromatic rings. The number of aliphatic hydroxyl groups excluding tert-OH is 1. The highest BCUT2D eigenvalue weighted by molar-refractivity contribution is 9.10. The van der Waals surface area contributed by atoms with E-state index in [9.17, 15) is 5.11 Å². The first-order valence-corrected chi connectivity index (χ1v) is 7.29. The van der Waals surface area contributed by atoms with Crippen molar-refractivity contribution in [3.63, 3.8) is 0 Å². The van der Waals surface area contributed by atoms with Gasteiger partial charge in [-0.3, -0.25) is 4.98 Å². The third-order valence-electron chi connectivity index (χ3n) is 3.25. The topological polar surface area (TPSA) is 33.1 Å². The summed E-state index contributed by atoms with van der Waals surface area (Å²) in [5.41, 5.74) is 1.42. The van der Waals surface area contributed by atoms with Gasteiger partial charge in [0, 0.05) is 38.4 Å². The van der Waals surface area contributed by atoms with Gasteiger partial charge in [0.05, 0.1) is 0 Å². The van der Waals surface area contributed by atoms with Crippen LogP contribution in [0.4, 0.5) is 0 Å². The monoisotopic (exact) mass is 347 g/mol. The van der Waals surface area contributed by atoms with Gasteiger partial charge in [-0.1, -0.05) is 51.8 Å². The molecule has 0 aliphatic carbocycles. The van der Waals surface area contributed by atoms with Crippen LogP contribution >= 0.6 is 27.5 Å². The van der Waals surface area contributed by atoms with Crippen molar-refractivity contribution < 1.29 is 5.11 Å². The standard InChI is InChI=1S/C16H11BrClNO/c17-11-5-6-15(18)13(7-11)16(20)14-9-19-8-10-3-1-2-4-12(10)14/h1-9,16,20H. The number of nitrogens with zero attached hydrogens (tertiary/aromatic N) is 1. The summed E-state index contributed by atoms with van der Waals surface area (Å²) in [7, 11) is 0. The smallest absolute Gasteiger partial charge is 0.108 e. The van der Waals surface area contributed by atoms with Gasteiger partial charge in [-0.15, -0.1) is 0 Å². The fraction of sp³-hybridized carbons (Fsp3) is 0.0625. The molecule has 0 saturated carbocycles. The quantitative estimate of drug-likeness (QED) is 0.726. The van der Waals surface area contributed by atoms with Crippen molar-refractivity contribution in [3.8, 4) is 0 Å². The summed E-state index contributed by atoms with van der Waals surface area (Å²) < 4.78 is 0.879. The fourth-order valence-electron chi connectivity index (χ4n) is 2.25. The van der Waals surface area contributed by atoms with Gasteiger partial charge >= 0.3 is 0 Å². The van der Waals surface area contributed by atoms with E-state index in [4.69, 9.17) is 11.6 Å². The summed E-state index contributed by atoms with van der Waals surface area (Å²) in [6.45, 7) is 0. The molecule has 0 saturated heterocycles. The highest BCUT2D eigenvalue weighted by Crippen LogP contribution is 2.33. The number of hydrogen-bond acceptors (Lipinski definition) is 2. The molecular formula is C16H11BrClNO. The molecule has 1 N–H and O–H groups in total. The summed E-state index contributed by atoms with van der Waals surface area (Å²) >= 11 is 9.59. The van der Waals surface area contributed by atoms with Crippen LogP contribution in [0.15, 0.2) is 59.3 Å². The van der Waals surface area contributed by atoms with Crippen LogP contribution in [0.2, 0.25) is 5.02 Å². The van der Waals surface area contributed by atoms with E-state index < -0.39 is 6.10 Å². The first-order chi connectivity index (χ1) is 9.66. The molecule has 1 unspecified atom stereocenters. The van der Waals surface area contributed by atoms with E-state index >= 15 is 0 Å². The third-order valence-corrected chi connectivity index (χ3v) is 4.08. The number of aromatic nitrogens is 1. The summed E-state index contributed by atoms with van der Waals surface area (Å²) in [6.07, 6.45) is 2.66. The van der Waals surface area contributed by atoms with Gasteiger partial charge in [0.2, 0.25) is 0 Å². The molecule has 3 rings (SSSR count). The van der Waals surface area contributed by atoms with Gasteiger partial charge in [0.25, 0.3) is 0 Å². The minimum atomic E-state index is -0.807. The molecule has 0 fully saturated rings. The number of pyridine rings is 1. The summed E-state index contributed by atoms with van der Waals surface area (Å²) in [5, 5.41) is 13.2. The van der Waals surface area contributed by atoms with Crippen molar-refractivity contribution in [3.05, 3.63) is 75.5 Å². The van der Waals surface area contributed by atoms with E-state index in [-0.39, 0.29) is 0 Å². The molecule has 0 amide bonds. The van der Waals surface area contributed by atoms with Crippen LogP contribution in [0.1, 0.15) is 17.2 Å². The summed E-state index contributed by atoms with van der Waals surface area (Å²) in [4.78, 5) is 4.20. The van der Waals surface area contributed by atoms with E-state index in [1.807, 2.05) is 36.4 Å². The molecular weight excluding hydrogens is 338 g/mol. The average molecular weight is 349 g/mol. The molecule has 100 valence electrons. The lowest BCUT2D eigenvalue weighted by Crippen LogP contribution is -2.02. The molecule has 0 bridgehead atoms. The molecule has 2 nitrogen and oxygen atoms in total. The highest BCUT2D eigenvalue weighted by Gasteiger charge is 2.17. The van der Waals surface area contributed by atoms with Gasteiger partial charge in [0.1, 0.15) is 6.10 Å². The van der Waals surface area contributed by atoms with Crippen LogP contribution in [0.25, 0.3) is 10.8 Å². The van der Waals surface area contributed by atoms with E-state index in [1.54, 1.807) is 18.5 Å². The van der Waals surface area contributed by atoms with Crippen molar-refractivity contribution in [2.24, 2.45) is 0 Å². The molecule has 0 aliphatic rings. The number of aliphatic hydroxyl groups is 1. The third kappa shape index (κ3) is 2.44. The number of fused-ring (bicyclic) bond motifs is 1. The summed E-state index contributed by atoms with van der Waals surface area (Å²) in [5.74, 6) is 0. The Hall–Kier alpha value is -1.42. The lowest BCUT2D eigenvalue weighted by Gasteiger charge is -2.15. The van der Waals surface area contributed by atoms with Crippen LogP contribution in [-0.4, -0.2) is 10.1 Å². The Kier molecular flexibility index (Phi) is 3.74. The van der Waals surface area contributed by atoms with E-state index in [2.05, 4.69) is 20.9 Å². The Morgan fingerprint density at radius 1 is 1.05 bits per heavy atom. The predicted molar refractivity (Wildman–Crippen MR) is 85.0 cm³/mol. The van der Waals surface area contributed by atoms with Gasteiger partial charge < -0.3 is 5.11 Å². The first-order valence-electron chi connectivity index (χ1n) is 6.12. The Balaban J connectivity index is 2.17. The van der Waals surface area contributed by atoms with E-state index in [0.717, 1.165) is 20.8 Å². The normalized spacial score (nSPS) is 12.6. The Labute approximate surface area is 130 Å². The molecule has 1 heterocycles. The van der Waals surface area contributed by atoms with Crippen LogP contribution < -0.4 is 0 Å². The van der Waals surface area contributed by atoms with Crippen molar-refractivity contribution in [2.75, 3.05) is 0 Å². The molecule has 4 heteroatoms. The van der Waals surface area contributed by atoms with Gasteiger partial charge in [-0.2, -0.15) is 0 Å². The van der Waals surface area contributed by atoms with Gasteiger partial charge in [0.15, 0.2) is 0 Å². The number of halogens is 2. The molecule has 2 aromatic carbocycles. The largest absolute Gasteiger partial charge is 0.384 e. The molecule has 1 aromatic heterocycles. The molecule has 1 atom stereocenters. The van der Waals surface area contributed by atoms with E-state index in [0.29, 0.717) is 10.6 Å². The van der Waals surface area contributed by atoms with Crippen molar-refractivity contribution in [1.29, 1.82) is 0 Å². The fourth-order valence-corrected chi connectivity index (χ4v) is 2.85. The molecule has 0 aliphatic heterocycles. The minimum Gasteiger partial charge on any atom is -0.384 e. The second-order valence-electron chi connectivity index (χ2n) is 4.52. The maximum absolute atomic E-state index is 10.6. The highest BCUT2D eigenvalue weighted by atomic mass is 79.9. The number of rotatable bonds is 2. The average Bonchev–Trinajstić information content (AvgIpc) is 2.48. The minimum absolute atomic E-state index is 0.536. The second-order valence-corrected chi connectivity index (χ2v) is 5.84. The van der Waals surface area contributed by atoms with Gasteiger partial charge in [-0.25, -0.2) is 0 Å². The van der Waals surface area contributed by atoms with Gasteiger partial charge in [-0.05, 0) is 23.6 Å². The second kappa shape index (κ2) is 5.52. The Morgan fingerprint density at radius 2 is 1.85 bits per heavy atom. The predicted octanol–water partition coefficient (Wildman–Crippen LogP) is 4.73. The first kappa shape index (κ1) is 13.6. The maximum atomic E-state index is 10.6. The Bertz CT molecular complexity index is 770. The number of hydrogen-bond donors (Lipinski definition) is 1. The van der Waals surface area contributed by atoms with Crippen LogP contribution in [0.5, 0.6) is 0 Å². The Morgan fingerprint density at radius 3 is 2.70 bits per heavy atom. The zero-order valence-electron chi connectivity index (χ0n) is 10.4. The van der Waals surface area contributed by atoms with Crippen LogP contribution in [0, 0.1) is 0 Å². The molecule has 20 heavy (non-hydrogen) atoms.